The fourth-order valence-electron chi connectivity index (χ4n) is 2.24. The molecule has 1 atom stereocenters. The number of para-hydroxylation sites is 1. The molecule has 0 radical (unpaired) electrons. The smallest absolute Gasteiger partial charge is 0.259 e. The molecular formula is C19H21ClN2O3. The van der Waals surface area contributed by atoms with E-state index >= 15 is 0 Å². The number of hydrogen-bond donors (Lipinski definition) is 2. The first-order chi connectivity index (χ1) is 12.0. The molecule has 0 aliphatic carbocycles. The highest BCUT2D eigenvalue weighted by Gasteiger charge is 2.17. The van der Waals surface area contributed by atoms with Gasteiger partial charge in [-0.25, -0.2) is 0 Å². The van der Waals surface area contributed by atoms with Crippen molar-refractivity contribution >= 4 is 29.1 Å². The van der Waals surface area contributed by atoms with E-state index in [4.69, 9.17) is 16.3 Å². The van der Waals surface area contributed by atoms with E-state index in [9.17, 15) is 9.59 Å². The molecule has 5 nitrogen and oxygen atoms in total. The highest BCUT2D eigenvalue weighted by Crippen LogP contribution is 2.24. The van der Waals surface area contributed by atoms with Gasteiger partial charge in [-0.2, -0.15) is 0 Å². The second-order valence-electron chi connectivity index (χ2n) is 5.63. The SMILES string of the molecule is CC[C@@H](C)NC(=O)c1ccccc1NC(=O)c1cc(Cl)ccc1OC. The molecule has 2 N–H and O–H groups in total. The van der Waals surface area contributed by atoms with Crippen LogP contribution < -0.4 is 15.4 Å². The number of ether oxygens (including phenoxy) is 1. The first-order valence-electron chi connectivity index (χ1n) is 8.01. The number of benzene rings is 2. The maximum Gasteiger partial charge on any atom is 0.259 e. The van der Waals surface area contributed by atoms with E-state index in [-0.39, 0.29) is 11.9 Å². The van der Waals surface area contributed by atoms with E-state index in [0.717, 1.165) is 6.42 Å². The lowest BCUT2D eigenvalue weighted by Gasteiger charge is -2.15. The fourth-order valence-corrected chi connectivity index (χ4v) is 2.41. The number of anilines is 1. The lowest BCUT2D eigenvalue weighted by Crippen LogP contribution is -2.32. The fraction of sp³-hybridized carbons (Fsp3) is 0.263. The molecule has 2 aromatic rings. The molecule has 0 fully saturated rings. The van der Waals surface area contributed by atoms with Crippen molar-refractivity contribution in [2.45, 2.75) is 26.3 Å². The third kappa shape index (κ3) is 4.73. The van der Waals surface area contributed by atoms with E-state index in [1.54, 1.807) is 36.4 Å². The Morgan fingerprint density at radius 1 is 1.12 bits per heavy atom. The predicted octanol–water partition coefficient (Wildman–Crippen LogP) is 4.13. The average molecular weight is 361 g/mol. The summed E-state index contributed by atoms with van der Waals surface area (Å²) >= 11 is 5.98. The largest absolute Gasteiger partial charge is 0.496 e. The molecule has 2 aromatic carbocycles. The van der Waals surface area contributed by atoms with Crippen molar-refractivity contribution in [1.29, 1.82) is 0 Å². The van der Waals surface area contributed by atoms with Crippen LogP contribution in [0.4, 0.5) is 5.69 Å². The Kier molecular flexibility index (Phi) is 6.42. The van der Waals surface area contributed by atoms with Crippen molar-refractivity contribution < 1.29 is 14.3 Å². The second kappa shape index (κ2) is 8.53. The zero-order chi connectivity index (χ0) is 18.4. The highest BCUT2D eigenvalue weighted by atomic mass is 35.5. The van der Waals surface area contributed by atoms with Gasteiger partial charge in [0.25, 0.3) is 11.8 Å². The summed E-state index contributed by atoms with van der Waals surface area (Å²) in [5, 5.41) is 6.08. The molecule has 2 rings (SSSR count). The molecule has 0 saturated heterocycles. The summed E-state index contributed by atoms with van der Waals surface area (Å²) in [6.07, 6.45) is 0.819. The topological polar surface area (TPSA) is 67.4 Å². The van der Waals surface area contributed by atoms with Crippen molar-refractivity contribution in [3.05, 3.63) is 58.6 Å². The van der Waals surface area contributed by atoms with E-state index in [2.05, 4.69) is 10.6 Å². The van der Waals surface area contributed by atoms with Crippen LogP contribution in [0.3, 0.4) is 0 Å². The summed E-state index contributed by atoms with van der Waals surface area (Å²) < 4.78 is 5.21. The standard InChI is InChI=1S/C19H21ClN2O3/c1-4-12(2)21-18(23)14-7-5-6-8-16(14)22-19(24)15-11-13(20)9-10-17(15)25-3/h5-12H,4H2,1-3H3,(H,21,23)(H,22,24)/t12-/m1/s1. The van der Waals surface area contributed by atoms with Gasteiger partial charge in [0.1, 0.15) is 5.75 Å². The van der Waals surface area contributed by atoms with Gasteiger partial charge in [0.2, 0.25) is 0 Å². The number of halogens is 1. The highest BCUT2D eigenvalue weighted by molar-refractivity contribution is 6.31. The Bertz CT molecular complexity index is 777. The van der Waals surface area contributed by atoms with Crippen LogP contribution in [0.1, 0.15) is 41.0 Å². The van der Waals surface area contributed by atoms with E-state index in [1.165, 1.54) is 13.2 Å². The first kappa shape index (κ1) is 18.8. The molecule has 25 heavy (non-hydrogen) atoms. The van der Waals surface area contributed by atoms with Gasteiger partial charge in [-0.1, -0.05) is 30.7 Å². The van der Waals surface area contributed by atoms with E-state index in [1.807, 2.05) is 13.8 Å². The monoisotopic (exact) mass is 360 g/mol. The number of carbonyl (C=O) groups excluding carboxylic acids is 2. The third-order valence-corrected chi connectivity index (χ3v) is 4.05. The molecule has 0 aliphatic rings. The van der Waals surface area contributed by atoms with Crippen LogP contribution in [0.25, 0.3) is 0 Å². The summed E-state index contributed by atoms with van der Waals surface area (Å²) in [5.41, 5.74) is 1.12. The molecular weight excluding hydrogens is 340 g/mol. The van der Waals surface area contributed by atoms with Crippen LogP contribution in [-0.4, -0.2) is 25.0 Å². The third-order valence-electron chi connectivity index (χ3n) is 3.82. The Labute approximate surface area is 152 Å². The molecule has 0 heterocycles. The van der Waals surface area contributed by atoms with Crippen molar-refractivity contribution in [3.8, 4) is 5.75 Å². The zero-order valence-corrected chi connectivity index (χ0v) is 15.2. The number of nitrogens with one attached hydrogen (secondary N) is 2. The van der Waals surface area contributed by atoms with Gasteiger partial charge in [0, 0.05) is 11.1 Å². The number of methoxy groups -OCH3 is 1. The summed E-state index contributed by atoms with van der Waals surface area (Å²) in [7, 11) is 1.48. The molecule has 132 valence electrons. The molecule has 6 heteroatoms. The summed E-state index contributed by atoms with van der Waals surface area (Å²) in [6, 6.07) is 11.7. The predicted molar refractivity (Wildman–Crippen MR) is 99.6 cm³/mol. The number of hydrogen-bond acceptors (Lipinski definition) is 3. The van der Waals surface area contributed by atoms with Gasteiger partial charge in [0.05, 0.1) is 23.9 Å². The van der Waals surface area contributed by atoms with Crippen molar-refractivity contribution in [2.75, 3.05) is 12.4 Å². The Morgan fingerprint density at radius 3 is 2.52 bits per heavy atom. The summed E-state index contributed by atoms with van der Waals surface area (Å²) in [6.45, 7) is 3.92. The van der Waals surface area contributed by atoms with Crippen molar-refractivity contribution in [3.63, 3.8) is 0 Å². The minimum Gasteiger partial charge on any atom is -0.496 e. The van der Waals surface area contributed by atoms with Gasteiger partial charge >= 0.3 is 0 Å². The second-order valence-corrected chi connectivity index (χ2v) is 6.06. The molecule has 0 aliphatic heterocycles. The lowest BCUT2D eigenvalue weighted by atomic mass is 10.1. The van der Waals surface area contributed by atoms with Crippen LogP contribution in [0.2, 0.25) is 5.02 Å². The first-order valence-corrected chi connectivity index (χ1v) is 8.38. The van der Waals surface area contributed by atoms with Crippen LogP contribution in [0.5, 0.6) is 5.75 Å². The van der Waals surface area contributed by atoms with Crippen LogP contribution in [-0.2, 0) is 0 Å². The Morgan fingerprint density at radius 2 is 1.84 bits per heavy atom. The normalized spacial score (nSPS) is 11.5. The van der Waals surface area contributed by atoms with E-state index < -0.39 is 5.91 Å². The van der Waals surface area contributed by atoms with Gasteiger partial charge in [-0.15, -0.1) is 0 Å². The van der Waals surface area contributed by atoms with Crippen LogP contribution in [0, 0.1) is 0 Å². The summed E-state index contributed by atoms with van der Waals surface area (Å²) in [4.78, 5) is 25.0. The van der Waals surface area contributed by atoms with Gasteiger partial charge in [0.15, 0.2) is 0 Å². The zero-order valence-electron chi connectivity index (χ0n) is 14.4. The Balaban J connectivity index is 2.28. The van der Waals surface area contributed by atoms with E-state index in [0.29, 0.717) is 27.6 Å². The quantitative estimate of drug-likeness (QED) is 0.813. The van der Waals surface area contributed by atoms with Crippen molar-refractivity contribution in [1.82, 2.24) is 5.32 Å². The molecule has 0 spiro atoms. The lowest BCUT2D eigenvalue weighted by molar-refractivity contribution is 0.0940. The van der Waals surface area contributed by atoms with Gasteiger partial charge < -0.3 is 15.4 Å². The number of carbonyl (C=O) groups is 2. The van der Waals surface area contributed by atoms with Crippen LogP contribution >= 0.6 is 11.6 Å². The van der Waals surface area contributed by atoms with Crippen molar-refractivity contribution in [2.24, 2.45) is 0 Å². The van der Waals surface area contributed by atoms with Crippen LogP contribution in [0.15, 0.2) is 42.5 Å². The molecule has 2 amide bonds. The molecule has 0 bridgehead atoms. The minimum atomic E-state index is -0.400. The maximum atomic E-state index is 12.6. The molecule has 0 unspecified atom stereocenters. The van der Waals surface area contributed by atoms with Gasteiger partial charge in [-0.05, 0) is 43.7 Å². The van der Waals surface area contributed by atoms with Gasteiger partial charge in [-0.3, -0.25) is 9.59 Å². The Hall–Kier alpha value is -2.53. The molecule has 0 aromatic heterocycles. The maximum absolute atomic E-state index is 12.6. The summed E-state index contributed by atoms with van der Waals surface area (Å²) in [5.74, 6) is -0.227. The average Bonchev–Trinajstić information content (AvgIpc) is 2.61. The number of amides is 2. The minimum absolute atomic E-state index is 0.0456. The number of rotatable bonds is 6. The molecule has 0 saturated carbocycles.